The fraction of sp³-hybridized carbons (Fsp3) is 0.818. The number of alkyl halides is 2. The number of carbonyl (C=O) groups excluding carboxylic acids is 2. The normalized spacial score (nSPS) is 10.5. The second-order valence-electron chi connectivity index (χ2n) is 4.18. The molecule has 0 heterocycles. The van der Waals surface area contributed by atoms with Crippen molar-refractivity contribution >= 4 is 35.1 Å². The minimum absolute atomic E-state index is 0. The van der Waals surface area contributed by atoms with E-state index in [0.29, 0.717) is 35.9 Å². The van der Waals surface area contributed by atoms with Crippen molar-refractivity contribution in [2.45, 2.75) is 6.92 Å². The molecule has 0 spiro atoms. The minimum Gasteiger partial charge on any atom is -1.00 e. The number of carbonyl (C=O) groups is 2. The van der Waals surface area contributed by atoms with Gasteiger partial charge in [-0.05, 0) is 6.92 Å². The van der Waals surface area contributed by atoms with E-state index in [1.54, 1.807) is 6.92 Å². The van der Waals surface area contributed by atoms with Crippen molar-refractivity contribution in [3.05, 3.63) is 0 Å². The Morgan fingerprint density at radius 2 is 1.74 bits per heavy atom. The Morgan fingerprint density at radius 3 is 2.16 bits per heavy atom. The lowest BCUT2D eigenvalue weighted by Gasteiger charge is -2.32. The van der Waals surface area contributed by atoms with E-state index < -0.39 is 5.97 Å². The molecule has 0 rings (SSSR count). The molecule has 0 aliphatic carbocycles. The Hall–Kier alpha value is -0.0400. The van der Waals surface area contributed by atoms with Crippen LogP contribution < -0.4 is 22.3 Å². The van der Waals surface area contributed by atoms with Crippen molar-refractivity contribution in [2.24, 2.45) is 0 Å². The first-order valence-corrected chi connectivity index (χ1v) is 6.92. The van der Waals surface area contributed by atoms with Crippen molar-refractivity contribution in [3.8, 4) is 0 Å². The fourth-order valence-electron chi connectivity index (χ4n) is 1.46. The van der Waals surface area contributed by atoms with Crippen molar-refractivity contribution in [2.75, 3.05) is 51.6 Å². The molecule has 0 atom stereocenters. The van der Waals surface area contributed by atoms with Gasteiger partial charge in [0, 0.05) is 0 Å². The molecule has 0 aliphatic heterocycles. The van der Waals surface area contributed by atoms with E-state index >= 15 is 0 Å². The predicted molar refractivity (Wildman–Crippen MR) is 71.9 cm³/mol. The maximum atomic E-state index is 11.7. The lowest BCUT2D eigenvalue weighted by molar-refractivity contribution is -0.897. The lowest BCUT2D eigenvalue weighted by atomic mass is 10.3. The molecule has 1 N–H and O–H groups in total. The van der Waals surface area contributed by atoms with E-state index in [1.807, 2.05) is 7.05 Å². The smallest absolute Gasteiger partial charge is 0.325 e. The second kappa shape index (κ2) is 11.8. The van der Waals surface area contributed by atoms with Crippen molar-refractivity contribution < 1.29 is 35.8 Å². The highest BCUT2D eigenvalue weighted by Gasteiger charge is 2.24. The van der Waals surface area contributed by atoms with E-state index in [9.17, 15) is 9.59 Å². The van der Waals surface area contributed by atoms with Gasteiger partial charge in [-0.2, -0.15) is 0 Å². The third-order valence-corrected chi connectivity index (χ3v) is 2.85. The summed E-state index contributed by atoms with van der Waals surface area (Å²) < 4.78 is 5.18. The molecule has 1 amide bonds. The van der Waals surface area contributed by atoms with Crippen LogP contribution in [0.4, 0.5) is 0 Å². The van der Waals surface area contributed by atoms with Gasteiger partial charge in [0.2, 0.25) is 0 Å². The number of likely N-dealkylation sites (N-methyl/N-ethyl adjacent to an activating group) is 1. The molecule has 0 aromatic rings. The largest absolute Gasteiger partial charge is 1.00 e. The summed E-state index contributed by atoms with van der Waals surface area (Å²) in [5.41, 5.74) is 0. The van der Waals surface area contributed by atoms with Crippen LogP contribution in [0.2, 0.25) is 0 Å². The molecule has 0 unspecified atom stereocenters. The first kappa shape index (κ1) is 21.3. The number of quaternary nitrogens is 1. The third kappa shape index (κ3) is 10.4. The van der Waals surface area contributed by atoms with Crippen LogP contribution in [-0.4, -0.2) is 68.0 Å². The number of nitrogens with one attached hydrogen (secondary N) is 1. The lowest BCUT2D eigenvalue weighted by Crippen LogP contribution is -3.00. The van der Waals surface area contributed by atoms with E-state index in [4.69, 9.17) is 27.9 Å². The minimum atomic E-state index is -0.435. The van der Waals surface area contributed by atoms with Gasteiger partial charge < -0.3 is 31.5 Å². The number of halogens is 3. The van der Waals surface area contributed by atoms with E-state index in [0.717, 1.165) is 0 Å². The molecule has 0 bridgehead atoms. The van der Waals surface area contributed by atoms with Gasteiger partial charge in [0.05, 0.1) is 38.5 Å². The number of ether oxygens (including phenoxy) is 1. The number of hydrogen-bond acceptors (Lipinski definition) is 3. The van der Waals surface area contributed by atoms with Gasteiger partial charge in [0.1, 0.15) is 6.54 Å². The summed E-state index contributed by atoms with van der Waals surface area (Å²) in [6.07, 6.45) is 0. The van der Waals surface area contributed by atoms with Gasteiger partial charge in [0.15, 0.2) is 6.54 Å². The summed E-state index contributed by atoms with van der Waals surface area (Å²) in [4.78, 5) is 22.8. The molecule has 8 heteroatoms. The molecule has 0 aromatic carbocycles. The van der Waals surface area contributed by atoms with Crippen LogP contribution in [0.1, 0.15) is 6.92 Å². The zero-order valence-electron chi connectivity index (χ0n) is 11.3. The van der Waals surface area contributed by atoms with Gasteiger partial charge in [-0.15, -0.1) is 23.2 Å². The average molecular weight is 380 g/mol. The van der Waals surface area contributed by atoms with Gasteiger partial charge in [-0.25, -0.2) is 0 Å². The Balaban J connectivity index is 0. The van der Waals surface area contributed by atoms with Crippen LogP contribution in [0.25, 0.3) is 0 Å². The monoisotopic (exact) mass is 378 g/mol. The zero-order chi connectivity index (χ0) is 14.0. The molecule has 0 fully saturated rings. The highest BCUT2D eigenvalue weighted by Crippen LogP contribution is 2.03. The molecule has 0 saturated heterocycles. The molecule has 0 saturated carbocycles. The summed E-state index contributed by atoms with van der Waals surface area (Å²) in [6, 6.07) is 0. The molecule has 5 nitrogen and oxygen atoms in total. The van der Waals surface area contributed by atoms with Crippen LogP contribution in [-0.2, 0) is 14.3 Å². The van der Waals surface area contributed by atoms with Gasteiger partial charge in [-0.1, -0.05) is 0 Å². The topological polar surface area (TPSA) is 55.4 Å². The van der Waals surface area contributed by atoms with Gasteiger partial charge in [0.25, 0.3) is 5.91 Å². The molecular weight excluding hydrogens is 359 g/mol. The standard InChI is InChI=1S/C11H20Cl2N2O3.BrH/c1-3-18-11(17)8-14-10(16)9-15(2,6-4-12)7-5-13;/h3-9H2,1-2H3;1H. The summed E-state index contributed by atoms with van der Waals surface area (Å²) in [5, 5.41) is 2.52. The average Bonchev–Trinajstić information content (AvgIpc) is 2.27. The first-order chi connectivity index (χ1) is 8.47. The zero-order valence-corrected chi connectivity index (χ0v) is 14.4. The van der Waals surface area contributed by atoms with Crippen LogP contribution in [0.3, 0.4) is 0 Å². The first-order valence-electron chi connectivity index (χ1n) is 5.85. The fourth-order valence-corrected chi connectivity index (χ4v) is 2.28. The quantitative estimate of drug-likeness (QED) is 0.276. The molecular formula is C11H21BrCl2N2O3. The van der Waals surface area contributed by atoms with Crippen molar-refractivity contribution in [1.29, 1.82) is 0 Å². The summed E-state index contributed by atoms with van der Waals surface area (Å²) >= 11 is 11.4. The number of rotatable bonds is 9. The number of hydrogen-bond donors (Lipinski definition) is 1. The summed E-state index contributed by atoms with van der Waals surface area (Å²) in [5.74, 6) is 0.271. The third-order valence-electron chi connectivity index (χ3n) is 2.51. The second-order valence-corrected chi connectivity index (χ2v) is 4.94. The van der Waals surface area contributed by atoms with Gasteiger partial charge >= 0.3 is 5.97 Å². The SMILES string of the molecule is CCOC(=O)CNC(=O)C[N+](C)(CCCl)CCCl.[Br-]. The van der Waals surface area contributed by atoms with E-state index in [-0.39, 0.29) is 36.0 Å². The Morgan fingerprint density at radius 1 is 1.21 bits per heavy atom. The highest BCUT2D eigenvalue weighted by molar-refractivity contribution is 6.18. The highest BCUT2D eigenvalue weighted by atomic mass is 79.9. The molecule has 114 valence electrons. The molecule has 0 aliphatic rings. The predicted octanol–water partition coefficient (Wildman–Crippen LogP) is -2.41. The summed E-state index contributed by atoms with van der Waals surface area (Å²) in [7, 11) is 1.91. The Bertz CT molecular complexity index is 275. The van der Waals surface area contributed by atoms with Crippen LogP contribution in [0, 0.1) is 0 Å². The maximum Gasteiger partial charge on any atom is 0.325 e. The van der Waals surface area contributed by atoms with E-state index in [1.165, 1.54) is 0 Å². The van der Waals surface area contributed by atoms with Crippen molar-refractivity contribution in [3.63, 3.8) is 0 Å². The Labute approximate surface area is 134 Å². The molecule has 0 aromatic heterocycles. The van der Waals surface area contributed by atoms with Crippen LogP contribution >= 0.6 is 23.2 Å². The van der Waals surface area contributed by atoms with Gasteiger partial charge in [-0.3, -0.25) is 9.59 Å². The van der Waals surface area contributed by atoms with E-state index in [2.05, 4.69) is 5.32 Å². The van der Waals surface area contributed by atoms with Crippen LogP contribution in [0.15, 0.2) is 0 Å². The van der Waals surface area contributed by atoms with Crippen molar-refractivity contribution in [1.82, 2.24) is 5.32 Å². The molecule has 0 radical (unpaired) electrons. The number of esters is 1. The maximum absolute atomic E-state index is 11.7. The number of nitrogens with zero attached hydrogens (tertiary/aromatic N) is 1. The van der Waals surface area contributed by atoms with Crippen LogP contribution in [0.5, 0.6) is 0 Å². The number of amides is 1. The summed E-state index contributed by atoms with van der Waals surface area (Å²) in [6.45, 7) is 3.48. The molecule has 19 heavy (non-hydrogen) atoms. The Kier molecular flexibility index (Phi) is 13.2.